The molecule has 0 heterocycles. The molecule has 118 valence electrons. The van der Waals surface area contributed by atoms with Gasteiger partial charge < -0.3 is 15.5 Å². The van der Waals surface area contributed by atoms with Crippen LogP contribution in [-0.4, -0.2) is 38.1 Å². The second-order valence-electron chi connectivity index (χ2n) is 4.73. The molecule has 2 N–H and O–H groups in total. The van der Waals surface area contributed by atoms with Crippen LogP contribution in [-0.2, 0) is 6.18 Å². The van der Waals surface area contributed by atoms with Crippen LogP contribution < -0.4 is 10.6 Å². The molecule has 1 aromatic rings. The summed E-state index contributed by atoms with van der Waals surface area (Å²) in [5.41, 5.74) is -0.723. The van der Waals surface area contributed by atoms with Crippen molar-refractivity contribution in [2.24, 2.45) is 0 Å². The van der Waals surface area contributed by atoms with Crippen LogP contribution in [0.5, 0.6) is 0 Å². The molecule has 0 aliphatic carbocycles. The van der Waals surface area contributed by atoms with Crippen molar-refractivity contribution in [1.29, 1.82) is 0 Å². The average Bonchev–Trinajstić information content (AvgIpc) is 2.35. The van der Waals surface area contributed by atoms with Crippen LogP contribution in [0, 0.1) is 0 Å². The Kier molecular flexibility index (Phi) is 6.29. The number of carbonyl (C=O) groups excluding carboxylic acids is 1. The Labute approximate surface area is 126 Å². The summed E-state index contributed by atoms with van der Waals surface area (Å²) < 4.78 is 37.4. The van der Waals surface area contributed by atoms with Crippen LogP contribution in [0.25, 0.3) is 0 Å². The van der Waals surface area contributed by atoms with E-state index in [-0.39, 0.29) is 10.7 Å². The van der Waals surface area contributed by atoms with Crippen molar-refractivity contribution in [3.05, 3.63) is 28.8 Å². The summed E-state index contributed by atoms with van der Waals surface area (Å²) in [6.45, 7) is 1.28. The zero-order valence-corrected chi connectivity index (χ0v) is 12.5. The third kappa shape index (κ3) is 6.22. The number of alkyl halides is 3. The normalized spacial score (nSPS) is 11.6. The predicted molar refractivity (Wildman–Crippen MR) is 76.6 cm³/mol. The lowest BCUT2D eigenvalue weighted by Crippen LogP contribution is -2.31. The first-order valence-electron chi connectivity index (χ1n) is 6.26. The Bertz CT molecular complexity index is 492. The lowest BCUT2D eigenvalue weighted by atomic mass is 10.2. The zero-order chi connectivity index (χ0) is 16.0. The topological polar surface area (TPSA) is 44.4 Å². The number of nitrogens with zero attached hydrogens (tertiary/aromatic N) is 1. The van der Waals surface area contributed by atoms with Crippen LogP contribution >= 0.6 is 11.6 Å². The summed E-state index contributed by atoms with van der Waals surface area (Å²) in [6, 6.07) is 2.27. The van der Waals surface area contributed by atoms with Gasteiger partial charge >= 0.3 is 12.2 Å². The van der Waals surface area contributed by atoms with Crippen LogP contribution in [0.3, 0.4) is 0 Å². The molecule has 0 radical (unpaired) electrons. The van der Waals surface area contributed by atoms with E-state index >= 15 is 0 Å². The fraction of sp³-hybridized carbons (Fsp3) is 0.462. The van der Waals surface area contributed by atoms with E-state index in [1.54, 1.807) is 0 Å². The van der Waals surface area contributed by atoms with Crippen LogP contribution in [0.2, 0.25) is 5.02 Å². The number of rotatable bonds is 5. The van der Waals surface area contributed by atoms with Crippen molar-refractivity contribution in [3.8, 4) is 0 Å². The molecule has 0 spiro atoms. The molecule has 0 aliphatic rings. The van der Waals surface area contributed by atoms with E-state index in [1.807, 2.05) is 19.0 Å². The Hall–Kier alpha value is -1.47. The minimum atomic E-state index is -4.46. The van der Waals surface area contributed by atoms with Crippen molar-refractivity contribution >= 4 is 23.3 Å². The third-order valence-corrected chi connectivity index (χ3v) is 2.92. The number of anilines is 1. The predicted octanol–water partition coefficient (Wildman–Crippen LogP) is 3.43. The Morgan fingerprint density at radius 1 is 1.33 bits per heavy atom. The van der Waals surface area contributed by atoms with Gasteiger partial charge in [0.15, 0.2) is 0 Å². The fourth-order valence-corrected chi connectivity index (χ4v) is 1.78. The molecule has 0 aliphatic heterocycles. The van der Waals surface area contributed by atoms with Gasteiger partial charge in [-0.15, -0.1) is 0 Å². The van der Waals surface area contributed by atoms with Crippen LogP contribution in [0.15, 0.2) is 18.2 Å². The SMILES string of the molecule is CN(C)CCCNC(=O)Nc1ccc(C(F)(F)F)cc1Cl. The number of hydrogen-bond acceptors (Lipinski definition) is 2. The maximum absolute atomic E-state index is 12.5. The number of urea groups is 1. The van der Waals surface area contributed by atoms with Crippen molar-refractivity contribution in [2.45, 2.75) is 12.6 Å². The van der Waals surface area contributed by atoms with Gasteiger partial charge in [-0.05, 0) is 45.3 Å². The molecule has 21 heavy (non-hydrogen) atoms. The van der Waals surface area contributed by atoms with E-state index in [0.717, 1.165) is 31.2 Å². The van der Waals surface area contributed by atoms with Gasteiger partial charge in [-0.1, -0.05) is 11.6 Å². The van der Waals surface area contributed by atoms with Gasteiger partial charge in [-0.25, -0.2) is 4.79 Å². The number of amides is 2. The summed E-state index contributed by atoms with van der Waals surface area (Å²) >= 11 is 5.73. The zero-order valence-electron chi connectivity index (χ0n) is 11.7. The van der Waals surface area contributed by atoms with Crippen LogP contribution in [0.4, 0.5) is 23.7 Å². The van der Waals surface area contributed by atoms with E-state index in [2.05, 4.69) is 10.6 Å². The highest BCUT2D eigenvalue weighted by atomic mass is 35.5. The molecule has 0 bridgehead atoms. The van der Waals surface area contributed by atoms with E-state index in [0.29, 0.717) is 6.54 Å². The molecule has 2 amide bonds. The molecule has 0 unspecified atom stereocenters. The quantitative estimate of drug-likeness (QED) is 0.815. The standard InChI is InChI=1S/C13H17ClF3N3O/c1-20(2)7-3-6-18-12(21)19-11-5-4-9(8-10(11)14)13(15,16)17/h4-5,8H,3,6-7H2,1-2H3,(H2,18,19,21). The molecule has 0 aromatic heterocycles. The molecule has 1 rings (SSSR count). The molecule has 0 saturated carbocycles. The molecule has 0 saturated heterocycles. The lowest BCUT2D eigenvalue weighted by Gasteiger charge is -2.12. The first-order chi connectivity index (χ1) is 9.70. The molecule has 8 heteroatoms. The number of carbonyl (C=O) groups is 1. The van der Waals surface area contributed by atoms with Gasteiger partial charge in [0.2, 0.25) is 0 Å². The maximum Gasteiger partial charge on any atom is 0.416 e. The summed E-state index contributed by atoms with van der Waals surface area (Å²) in [7, 11) is 3.84. The first-order valence-corrected chi connectivity index (χ1v) is 6.64. The van der Waals surface area contributed by atoms with Gasteiger partial charge in [0, 0.05) is 6.54 Å². The maximum atomic E-state index is 12.5. The van der Waals surface area contributed by atoms with Crippen molar-refractivity contribution in [2.75, 3.05) is 32.5 Å². The van der Waals surface area contributed by atoms with Crippen molar-refractivity contribution in [3.63, 3.8) is 0 Å². The van der Waals surface area contributed by atoms with E-state index < -0.39 is 17.8 Å². The summed E-state index contributed by atoms with van der Waals surface area (Å²) in [5.74, 6) is 0. The average molecular weight is 324 g/mol. The van der Waals surface area contributed by atoms with E-state index in [1.165, 1.54) is 0 Å². The molecule has 4 nitrogen and oxygen atoms in total. The van der Waals surface area contributed by atoms with Gasteiger partial charge in [0.25, 0.3) is 0 Å². The van der Waals surface area contributed by atoms with Gasteiger partial charge in [-0.2, -0.15) is 13.2 Å². The molecular weight excluding hydrogens is 307 g/mol. The summed E-state index contributed by atoms with van der Waals surface area (Å²) in [6.07, 6.45) is -3.70. The fourth-order valence-electron chi connectivity index (χ4n) is 1.56. The largest absolute Gasteiger partial charge is 0.416 e. The molecule has 0 fully saturated rings. The smallest absolute Gasteiger partial charge is 0.338 e. The van der Waals surface area contributed by atoms with Crippen LogP contribution in [0.1, 0.15) is 12.0 Å². The van der Waals surface area contributed by atoms with Gasteiger partial charge in [0.1, 0.15) is 0 Å². The minimum Gasteiger partial charge on any atom is -0.338 e. The second-order valence-corrected chi connectivity index (χ2v) is 5.14. The van der Waals surface area contributed by atoms with E-state index in [4.69, 9.17) is 11.6 Å². The second kappa shape index (κ2) is 7.51. The minimum absolute atomic E-state index is 0.134. The molecule has 1 aromatic carbocycles. The first kappa shape index (κ1) is 17.6. The highest BCUT2D eigenvalue weighted by Gasteiger charge is 2.30. The summed E-state index contributed by atoms with van der Waals surface area (Å²) in [4.78, 5) is 13.6. The van der Waals surface area contributed by atoms with Gasteiger partial charge in [-0.3, -0.25) is 0 Å². The Morgan fingerprint density at radius 2 is 2.00 bits per heavy atom. The van der Waals surface area contributed by atoms with Crippen molar-refractivity contribution < 1.29 is 18.0 Å². The number of benzene rings is 1. The highest BCUT2D eigenvalue weighted by Crippen LogP contribution is 2.33. The van der Waals surface area contributed by atoms with Crippen molar-refractivity contribution in [1.82, 2.24) is 10.2 Å². The molecule has 0 atom stereocenters. The number of nitrogens with one attached hydrogen (secondary N) is 2. The number of hydrogen-bond donors (Lipinski definition) is 2. The monoisotopic (exact) mass is 323 g/mol. The summed E-state index contributed by atoms with van der Waals surface area (Å²) in [5, 5.41) is 4.86. The molecular formula is C13H17ClF3N3O. The third-order valence-electron chi connectivity index (χ3n) is 2.61. The Balaban J connectivity index is 2.53. The highest BCUT2D eigenvalue weighted by molar-refractivity contribution is 6.33. The van der Waals surface area contributed by atoms with E-state index in [9.17, 15) is 18.0 Å². The Morgan fingerprint density at radius 3 is 2.52 bits per heavy atom. The lowest BCUT2D eigenvalue weighted by molar-refractivity contribution is -0.137. The van der Waals surface area contributed by atoms with Gasteiger partial charge in [0.05, 0.1) is 16.3 Å². The number of halogens is 4.